The first-order chi connectivity index (χ1) is 20.6. The molecule has 234 valence electrons. The molecule has 3 amide bonds. The number of carbonyl (C=O) groups excluding carboxylic acids is 4. The summed E-state index contributed by atoms with van der Waals surface area (Å²) in [7, 11) is 0. The number of carbonyl (C=O) groups is 4. The number of nitrogens with one attached hydrogen (secondary N) is 1. The van der Waals surface area contributed by atoms with Gasteiger partial charge < -0.3 is 9.47 Å². The Morgan fingerprint density at radius 1 is 0.930 bits per heavy atom. The fourth-order valence-corrected chi connectivity index (χ4v) is 4.82. The predicted octanol–water partition coefficient (Wildman–Crippen LogP) is 5.71. The molecule has 0 aliphatic carbocycles. The Balaban J connectivity index is 1.78. The molecule has 0 aromatic heterocycles. The second-order valence-corrected chi connectivity index (χ2v) is 11.7. The second kappa shape index (κ2) is 16.6. The maximum Gasteiger partial charge on any atom is 0.429 e. The smallest absolute Gasteiger partial charge is 0.429 e. The van der Waals surface area contributed by atoms with Crippen LogP contribution in [0.25, 0.3) is 0 Å². The number of amides is 3. The fourth-order valence-electron chi connectivity index (χ4n) is 4.82. The molecule has 10 heteroatoms. The SMILES string of the molecule is CCCCC[C@H](CC(=O)N1[C@H](C(=O)OC(C)(C)C)CCCN1C(=O)OCc1ccccc1)C(=O)NOCc1ccccc1. The Hall–Kier alpha value is -3.92. The number of hydrazine groups is 1. The van der Waals surface area contributed by atoms with Crippen LogP contribution in [0, 0.1) is 5.92 Å². The maximum atomic E-state index is 14.0. The molecule has 2 aromatic rings. The number of nitrogens with zero attached hydrogens (tertiary/aromatic N) is 2. The summed E-state index contributed by atoms with van der Waals surface area (Å²) in [5, 5.41) is 2.33. The van der Waals surface area contributed by atoms with Crippen LogP contribution in [0.1, 0.15) is 83.8 Å². The molecule has 0 radical (unpaired) electrons. The first-order valence-electron chi connectivity index (χ1n) is 15.1. The quantitative estimate of drug-likeness (QED) is 0.179. The second-order valence-electron chi connectivity index (χ2n) is 11.7. The van der Waals surface area contributed by atoms with Crippen LogP contribution in [0.3, 0.4) is 0 Å². The molecule has 0 unspecified atom stereocenters. The number of unbranched alkanes of at least 4 members (excludes halogenated alkanes) is 2. The van der Waals surface area contributed by atoms with Crippen LogP contribution < -0.4 is 5.48 Å². The zero-order chi connectivity index (χ0) is 31.2. The zero-order valence-corrected chi connectivity index (χ0v) is 25.8. The van der Waals surface area contributed by atoms with Gasteiger partial charge >= 0.3 is 12.1 Å². The summed E-state index contributed by atoms with van der Waals surface area (Å²) >= 11 is 0. The van der Waals surface area contributed by atoms with E-state index in [0.29, 0.717) is 19.3 Å². The third-order valence-corrected chi connectivity index (χ3v) is 6.96. The number of ether oxygens (including phenoxy) is 2. The number of hydrogen-bond acceptors (Lipinski definition) is 7. The molecule has 2 atom stereocenters. The van der Waals surface area contributed by atoms with Gasteiger partial charge in [0.05, 0.1) is 6.61 Å². The van der Waals surface area contributed by atoms with Gasteiger partial charge in [0, 0.05) is 18.9 Å². The Morgan fingerprint density at radius 2 is 1.56 bits per heavy atom. The normalized spacial score (nSPS) is 15.9. The molecule has 1 fully saturated rings. The highest BCUT2D eigenvalue weighted by molar-refractivity contribution is 5.89. The highest BCUT2D eigenvalue weighted by atomic mass is 16.7. The summed E-state index contributed by atoms with van der Waals surface area (Å²) in [5.41, 5.74) is 3.38. The summed E-state index contributed by atoms with van der Waals surface area (Å²) in [5.74, 6) is -2.30. The Morgan fingerprint density at radius 3 is 2.16 bits per heavy atom. The van der Waals surface area contributed by atoms with E-state index in [4.69, 9.17) is 14.3 Å². The average Bonchev–Trinajstić information content (AvgIpc) is 2.99. The molecule has 1 heterocycles. The Labute approximate surface area is 254 Å². The summed E-state index contributed by atoms with van der Waals surface area (Å²) in [4.78, 5) is 59.2. The van der Waals surface area contributed by atoms with Gasteiger partial charge in [0.25, 0.3) is 0 Å². The van der Waals surface area contributed by atoms with E-state index in [2.05, 4.69) is 12.4 Å². The number of benzene rings is 2. The van der Waals surface area contributed by atoms with E-state index in [-0.39, 0.29) is 26.2 Å². The molecule has 1 aliphatic rings. The first kappa shape index (κ1) is 33.6. The number of rotatable bonds is 13. The average molecular weight is 596 g/mol. The first-order valence-corrected chi connectivity index (χ1v) is 15.1. The van der Waals surface area contributed by atoms with Crippen LogP contribution in [-0.4, -0.2) is 52.1 Å². The minimum Gasteiger partial charge on any atom is -0.458 e. The van der Waals surface area contributed by atoms with Gasteiger partial charge in [0.15, 0.2) is 6.04 Å². The van der Waals surface area contributed by atoms with E-state index < -0.39 is 41.4 Å². The highest BCUT2D eigenvalue weighted by Crippen LogP contribution is 2.26. The van der Waals surface area contributed by atoms with Crippen molar-refractivity contribution < 1.29 is 33.5 Å². The molecular weight excluding hydrogens is 550 g/mol. The third-order valence-electron chi connectivity index (χ3n) is 6.96. The summed E-state index contributed by atoms with van der Waals surface area (Å²) in [6.45, 7) is 7.67. The van der Waals surface area contributed by atoms with Gasteiger partial charge in [0.2, 0.25) is 11.8 Å². The van der Waals surface area contributed by atoms with Crippen LogP contribution in [0.5, 0.6) is 0 Å². The molecule has 3 rings (SSSR count). The minimum atomic E-state index is -1.03. The number of hydrogen-bond donors (Lipinski definition) is 1. The van der Waals surface area contributed by atoms with E-state index in [1.54, 1.807) is 20.8 Å². The Kier molecular flexibility index (Phi) is 13.0. The zero-order valence-electron chi connectivity index (χ0n) is 25.8. The highest BCUT2D eigenvalue weighted by Gasteiger charge is 2.43. The molecular formula is C33H45N3O7. The van der Waals surface area contributed by atoms with Crippen molar-refractivity contribution in [1.29, 1.82) is 0 Å². The van der Waals surface area contributed by atoms with E-state index in [0.717, 1.165) is 35.4 Å². The summed E-state index contributed by atoms with van der Waals surface area (Å²) in [6, 6.07) is 17.6. The topological polar surface area (TPSA) is 114 Å². The lowest BCUT2D eigenvalue weighted by Gasteiger charge is -2.43. The van der Waals surface area contributed by atoms with Crippen molar-refractivity contribution in [3.63, 3.8) is 0 Å². The number of hydroxylamine groups is 1. The van der Waals surface area contributed by atoms with Crippen molar-refractivity contribution in [2.45, 2.75) is 97.5 Å². The lowest BCUT2D eigenvalue weighted by atomic mass is 9.95. The monoisotopic (exact) mass is 595 g/mol. The minimum absolute atomic E-state index is 0.0100. The lowest BCUT2D eigenvalue weighted by molar-refractivity contribution is -0.181. The summed E-state index contributed by atoms with van der Waals surface area (Å²) < 4.78 is 11.2. The molecule has 1 saturated heterocycles. The molecule has 43 heavy (non-hydrogen) atoms. The lowest BCUT2D eigenvalue weighted by Crippen LogP contribution is -2.61. The standard InChI is InChI=1S/C33H45N3O7/c1-5-6-9-19-27(30(38)34-42-24-26-17-12-8-13-18-26)22-29(37)36-28(31(39)43-33(2,3)4)20-14-21-35(36)32(40)41-23-25-15-10-7-11-16-25/h7-8,10-13,15-18,27-28H,5-6,9,14,19-24H2,1-4H3,(H,34,38)/t27-,28+/m1/s1. The fraction of sp³-hybridized carbons (Fsp3) is 0.515. The van der Waals surface area contributed by atoms with Gasteiger partial charge in [-0.3, -0.25) is 14.4 Å². The van der Waals surface area contributed by atoms with Crippen LogP contribution in [0.4, 0.5) is 4.79 Å². The van der Waals surface area contributed by atoms with E-state index in [1.807, 2.05) is 60.7 Å². The van der Waals surface area contributed by atoms with E-state index in [1.165, 1.54) is 5.01 Å². The summed E-state index contributed by atoms with van der Waals surface area (Å²) in [6.07, 6.45) is 2.85. The van der Waals surface area contributed by atoms with Gasteiger partial charge in [0.1, 0.15) is 12.2 Å². The van der Waals surface area contributed by atoms with Crippen molar-refractivity contribution in [3.05, 3.63) is 71.8 Å². The molecule has 10 nitrogen and oxygen atoms in total. The van der Waals surface area contributed by atoms with E-state index in [9.17, 15) is 19.2 Å². The van der Waals surface area contributed by atoms with Gasteiger partial charge in [-0.15, -0.1) is 0 Å². The molecule has 1 aliphatic heterocycles. The van der Waals surface area contributed by atoms with Crippen molar-refractivity contribution in [3.8, 4) is 0 Å². The molecule has 0 bridgehead atoms. The third kappa shape index (κ3) is 11.0. The molecule has 0 saturated carbocycles. The van der Waals surface area contributed by atoms with Crippen molar-refractivity contribution in [2.24, 2.45) is 5.92 Å². The van der Waals surface area contributed by atoms with Crippen molar-refractivity contribution in [1.82, 2.24) is 15.5 Å². The molecule has 1 N–H and O–H groups in total. The van der Waals surface area contributed by atoms with Crippen LogP contribution >= 0.6 is 0 Å². The van der Waals surface area contributed by atoms with Gasteiger partial charge in [-0.05, 0) is 51.2 Å². The largest absolute Gasteiger partial charge is 0.458 e. The van der Waals surface area contributed by atoms with Crippen molar-refractivity contribution in [2.75, 3.05) is 6.54 Å². The van der Waals surface area contributed by atoms with Crippen molar-refractivity contribution >= 4 is 23.9 Å². The predicted molar refractivity (Wildman–Crippen MR) is 161 cm³/mol. The van der Waals surface area contributed by atoms with Gasteiger partial charge in [-0.2, -0.15) is 0 Å². The molecule has 0 spiro atoms. The number of esters is 1. The van der Waals surface area contributed by atoms with Gasteiger partial charge in [-0.25, -0.2) is 25.1 Å². The van der Waals surface area contributed by atoms with E-state index >= 15 is 0 Å². The molecule has 2 aromatic carbocycles. The maximum absolute atomic E-state index is 14.0. The van der Waals surface area contributed by atoms with Gasteiger partial charge in [-0.1, -0.05) is 86.8 Å². The van der Waals surface area contributed by atoms with Crippen LogP contribution in [0.15, 0.2) is 60.7 Å². The Bertz CT molecular complexity index is 1180. The van der Waals surface area contributed by atoms with Crippen LogP contribution in [-0.2, 0) is 41.9 Å². The van der Waals surface area contributed by atoms with Crippen LogP contribution in [0.2, 0.25) is 0 Å².